The fourth-order valence-corrected chi connectivity index (χ4v) is 2.32. The molecule has 1 aliphatic carbocycles. The van der Waals surface area contributed by atoms with Crippen molar-refractivity contribution in [3.05, 3.63) is 35.4 Å². The smallest absolute Gasteiger partial charge is 0.306 e. The summed E-state index contributed by atoms with van der Waals surface area (Å²) < 4.78 is 27.1. The Hall–Kier alpha value is -1.98. The van der Waals surface area contributed by atoms with Crippen LogP contribution >= 0.6 is 0 Å². The molecule has 0 aliphatic heterocycles. The highest BCUT2D eigenvalue weighted by Crippen LogP contribution is 2.29. The normalized spacial score (nSPS) is 22.8. The van der Waals surface area contributed by atoms with Crippen LogP contribution < -0.4 is 5.32 Å². The molecule has 108 valence electrons. The maximum Gasteiger partial charge on any atom is 0.306 e. The van der Waals surface area contributed by atoms with Gasteiger partial charge in [0.1, 0.15) is 11.6 Å². The minimum Gasteiger partial charge on any atom is -0.481 e. The molecule has 0 heterocycles. The first-order chi connectivity index (χ1) is 9.40. The molecule has 1 fully saturated rings. The Morgan fingerprint density at radius 2 is 1.85 bits per heavy atom. The van der Waals surface area contributed by atoms with Crippen molar-refractivity contribution in [3.63, 3.8) is 0 Å². The number of amides is 1. The zero-order valence-electron chi connectivity index (χ0n) is 10.9. The summed E-state index contributed by atoms with van der Waals surface area (Å²) in [5.41, 5.74) is -0.265. The Bertz CT molecular complexity index is 521. The minimum absolute atomic E-state index is 0.235. The fourth-order valence-electron chi connectivity index (χ4n) is 2.32. The summed E-state index contributed by atoms with van der Waals surface area (Å²) in [6.07, 6.45) is 0.709. The van der Waals surface area contributed by atoms with Crippen LogP contribution in [0.2, 0.25) is 0 Å². The van der Waals surface area contributed by atoms with Gasteiger partial charge in [0.25, 0.3) is 0 Å². The highest BCUT2D eigenvalue weighted by Gasteiger charge is 2.36. The molecule has 1 aromatic rings. The summed E-state index contributed by atoms with van der Waals surface area (Å²) in [4.78, 5) is 22.6. The lowest BCUT2D eigenvalue weighted by atomic mass is 9.80. The second-order valence-electron chi connectivity index (χ2n) is 5.07. The second-order valence-corrected chi connectivity index (χ2v) is 5.07. The first kappa shape index (κ1) is 14.4. The van der Waals surface area contributed by atoms with Crippen LogP contribution in [0.4, 0.5) is 8.78 Å². The summed E-state index contributed by atoms with van der Waals surface area (Å²) in [6, 6.07) is 3.21. The third-order valence-corrected chi connectivity index (χ3v) is 3.66. The van der Waals surface area contributed by atoms with Gasteiger partial charge in [0.2, 0.25) is 5.91 Å². The van der Waals surface area contributed by atoms with Crippen LogP contribution in [0, 0.1) is 17.6 Å². The maximum atomic E-state index is 13.6. The van der Waals surface area contributed by atoms with Crippen LogP contribution in [-0.4, -0.2) is 23.0 Å². The lowest BCUT2D eigenvalue weighted by molar-refractivity contribution is -0.146. The number of carbonyl (C=O) groups is 2. The van der Waals surface area contributed by atoms with E-state index in [1.807, 2.05) is 0 Å². The number of carboxylic acid groups (broad SMARTS) is 1. The van der Waals surface area contributed by atoms with E-state index < -0.39 is 35.3 Å². The van der Waals surface area contributed by atoms with Crippen molar-refractivity contribution in [3.8, 4) is 0 Å². The van der Waals surface area contributed by atoms with E-state index in [9.17, 15) is 18.4 Å². The van der Waals surface area contributed by atoms with E-state index in [0.717, 1.165) is 12.1 Å². The quantitative estimate of drug-likeness (QED) is 0.888. The van der Waals surface area contributed by atoms with Crippen molar-refractivity contribution in [2.45, 2.75) is 31.7 Å². The summed E-state index contributed by atoms with van der Waals surface area (Å²) in [6.45, 7) is 1.42. The van der Waals surface area contributed by atoms with Gasteiger partial charge in [-0.25, -0.2) is 8.78 Å². The molecule has 6 heteroatoms. The molecular weight excluding hydrogens is 268 g/mol. The molecule has 1 unspecified atom stereocenters. The van der Waals surface area contributed by atoms with Gasteiger partial charge in [0.05, 0.1) is 11.8 Å². The first-order valence-electron chi connectivity index (χ1n) is 6.37. The zero-order chi connectivity index (χ0) is 14.9. The van der Waals surface area contributed by atoms with E-state index in [1.54, 1.807) is 0 Å². The molecule has 0 saturated heterocycles. The third kappa shape index (κ3) is 2.79. The van der Waals surface area contributed by atoms with E-state index in [4.69, 9.17) is 5.11 Å². The molecule has 1 atom stereocenters. The predicted molar refractivity (Wildman–Crippen MR) is 67.1 cm³/mol. The standard InChI is InChI=1S/C14H15F2NO3/c1-7(12-10(15)3-2-4-11(12)16)13(18)17-9-5-8(6-9)14(19)20/h2-4,7-9H,5-6H2,1H3,(H,17,18)(H,19,20). The van der Waals surface area contributed by atoms with Crippen LogP contribution in [0.5, 0.6) is 0 Å². The number of hydrogen-bond acceptors (Lipinski definition) is 2. The summed E-state index contributed by atoms with van der Waals surface area (Å²) in [7, 11) is 0. The molecule has 1 aliphatic rings. The van der Waals surface area contributed by atoms with Gasteiger partial charge >= 0.3 is 5.97 Å². The zero-order valence-corrected chi connectivity index (χ0v) is 10.9. The van der Waals surface area contributed by atoms with Gasteiger partial charge in [-0.3, -0.25) is 9.59 Å². The number of halogens is 2. The van der Waals surface area contributed by atoms with Crippen LogP contribution in [0.25, 0.3) is 0 Å². The van der Waals surface area contributed by atoms with Crippen molar-refractivity contribution in [1.82, 2.24) is 5.32 Å². The summed E-state index contributed by atoms with van der Waals surface area (Å²) in [5, 5.41) is 11.4. The monoisotopic (exact) mass is 283 g/mol. The number of carboxylic acids is 1. The van der Waals surface area contributed by atoms with Crippen molar-refractivity contribution >= 4 is 11.9 Å². The highest BCUT2D eigenvalue weighted by molar-refractivity contribution is 5.84. The number of nitrogens with one attached hydrogen (secondary N) is 1. The molecular formula is C14H15F2NO3. The lowest BCUT2D eigenvalue weighted by Gasteiger charge is -2.33. The van der Waals surface area contributed by atoms with Gasteiger partial charge in [0, 0.05) is 11.6 Å². The summed E-state index contributed by atoms with van der Waals surface area (Å²) in [5.74, 6) is -4.30. The Kier molecular flexibility index (Phi) is 4.01. The number of aliphatic carboxylic acids is 1. The van der Waals surface area contributed by atoms with Gasteiger partial charge in [-0.1, -0.05) is 6.07 Å². The van der Waals surface area contributed by atoms with Gasteiger partial charge in [-0.05, 0) is 31.9 Å². The molecule has 4 nitrogen and oxygen atoms in total. The topological polar surface area (TPSA) is 66.4 Å². The number of hydrogen-bond donors (Lipinski definition) is 2. The second kappa shape index (κ2) is 5.56. The van der Waals surface area contributed by atoms with Crippen LogP contribution in [0.1, 0.15) is 31.2 Å². The number of benzene rings is 1. The van der Waals surface area contributed by atoms with Gasteiger partial charge in [0.15, 0.2) is 0 Å². The van der Waals surface area contributed by atoms with E-state index in [1.165, 1.54) is 13.0 Å². The number of carbonyl (C=O) groups excluding carboxylic acids is 1. The molecule has 0 spiro atoms. The molecule has 0 aromatic heterocycles. The Morgan fingerprint density at radius 3 is 2.35 bits per heavy atom. The fraction of sp³-hybridized carbons (Fsp3) is 0.429. The number of rotatable bonds is 4. The van der Waals surface area contributed by atoms with Crippen LogP contribution in [-0.2, 0) is 9.59 Å². The molecule has 1 amide bonds. The van der Waals surface area contributed by atoms with Gasteiger partial charge in [-0.15, -0.1) is 0 Å². The lowest BCUT2D eigenvalue weighted by Crippen LogP contribution is -2.47. The summed E-state index contributed by atoms with van der Waals surface area (Å²) >= 11 is 0. The molecule has 2 rings (SSSR count). The van der Waals surface area contributed by atoms with E-state index in [0.29, 0.717) is 12.8 Å². The van der Waals surface area contributed by atoms with Crippen LogP contribution in [0.3, 0.4) is 0 Å². The predicted octanol–water partition coefficient (Wildman–Crippen LogP) is 2.05. The Morgan fingerprint density at radius 1 is 1.30 bits per heavy atom. The van der Waals surface area contributed by atoms with Crippen molar-refractivity contribution in [2.24, 2.45) is 5.92 Å². The average molecular weight is 283 g/mol. The third-order valence-electron chi connectivity index (χ3n) is 3.66. The molecule has 0 radical (unpaired) electrons. The van der Waals surface area contributed by atoms with Crippen molar-refractivity contribution in [1.29, 1.82) is 0 Å². The largest absolute Gasteiger partial charge is 0.481 e. The highest BCUT2D eigenvalue weighted by atomic mass is 19.1. The molecule has 1 saturated carbocycles. The molecule has 20 heavy (non-hydrogen) atoms. The molecule has 0 bridgehead atoms. The Balaban J connectivity index is 1.98. The van der Waals surface area contributed by atoms with E-state index in [-0.39, 0.29) is 11.6 Å². The van der Waals surface area contributed by atoms with Crippen LogP contribution in [0.15, 0.2) is 18.2 Å². The molecule has 1 aromatic carbocycles. The van der Waals surface area contributed by atoms with Crippen molar-refractivity contribution in [2.75, 3.05) is 0 Å². The van der Waals surface area contributed by atoms with E-state index >= 15 is 0 Å². The Labute approximate surface area is 114 Å². The SMILES string of the molecule is CC(C(=O)NC1CC(C(=O)O)C1)c1c(F)cccc1F. The van der Waals surface area contributed by atoms with Crippen molar-refractivity contribution < 1.29 is 23.5 Å². The van der Waals surface area contributed by atoms with Gasteiger partial charge < -0.3 is 10.4 Å². The maximum absolute atomic E-state index is 13.6. The first-order valence-corrected chi connectivity index (χ1v) is 6.37. The average Bonchev–Trinajstić information content (AvgIpc) is 2.31. The minimum atomic E-state index is -0.958. The van der Waals surface area contributed by atoms with E-state index in [2.05, 4.69) is 5.32 Å². The molecule has 2 N–H and O–H groups in total. The van der Waals surface area contributed by atoms with Gasteiger partial charge in [-0.2, -0.15) is 0 Å².